The van der Waals surface area contributed by atoms with Gasteiger partial charge >= 0.3 is 5.97 Å². The lowest BCUT2D eigenvalue weighted by Crippen LogP contribution is -2.32. The predicted molar refractivity (Wildman–Crippen MR) is 195 cm³/mol. The van der Waals surface area contributed by atoms with Crippen LogP contribution in [0.1, 0.15) is 219 Å². The summed E-state index contributed by atoms with van der Waals surface area (Å²) in [6.45, 7) is 4.58. The summed E-state index contributed by atoms with van der Waals surface area (Å²) in [5, 5.41) is 0. The molecule has 256 valence electrons. The van der Waals surface area contributed by atoms with Crippen molar-refractivity contribution in [1.29, 1.82) is 0 Å². The van der Waals surface area contributed by atoms with E-state index in [2.05, 4.69) is 44.2 Å². The van der Waals surface area contributed by atoms with E-state index in [1.165, 1.54) is 167 Å². The van der Waals surface area contributed by atoms with Crippen molar-refractivity contribution >= 4 is 5.97 Å². The van der Waals surface area contributed by atoms with Crippen LogP contribution in [0, 0.1) is 5.92 Å². The van der Waals surface area contributed by atoms with Crippen molar-refractivity contribution in [2.24, 2.45) is 5.92 Å². The Labute approximate surface area is 276 Å². The number of cyclic esters (lactones) is 1. The number of esters is 1. The van der Waals surface area contributed by atoms with Crippen molar-refractivity contribution in [1.82, 2.24) is 0 Å². The van der Waals surface area contributed by atoms with Crippen molar-refractivity contribution in [3.05, 3.63) is 36.1 Å². The van der Waals surface area contributed by atoms with Crippen LogP contribution in [0.4, 0.5) is 0 Å². The fourth-order valence-corrected chi connectivity index (χ4v) is 6.36. The van der Waals surface area contributed by atoms with Crippen molar-refractivity contribution < 1.29 is 9.53 Å². The van der Waals surface area contributed by atoms with E-state index >= 15 is 0 Å². The second-order valence-corrected chi connectivity index (χ2v) is 13.7. The Morgan fingerprint density at radius 2 is 0.773 bits per heavy atom. The van der Waals surface area contributed by atoms with Crippen molar-refractivity contribution in [2.45, 2.75) is 219 Å². The average molecular weight is 613 g/mol. The SMILES string of the molecule is CCCCCCCCCCCCCC/C=C/CCC/C=C1/OC(=O)C1CCC/C=C/CCCCCCCCCCCCCC. The van der Waals surface area contributed by atoms with Gasteiger partial charge in [0.15, 0.2) is 0 Å². The van der Waals surface area contributed by atoms with E-state index in [9.17, 15) is 4.79 Å². The summed E-state index contributed by atoms with van der Waals surface area (Å²) < 4.78 is 5.35. The summed E-state index contributed by atoms with van der Waals surface area (Å²) in [6.07, 6.45) is 54.3. The zero-order chi connectivity index (χ0) is 31.6. The molecule has 1 rings (SSSR count). The Morgan fingerprint density at radius 1 is 0.432 bits per heavy atom. The van der Waals surface area contributed by atoms with E-state index in [0.717, 1.165) is 44.3 Å². The van der Waals surface area contributed by atoms with Crippen LogP contribution >= 0.6 is 0 Å². The number of carbonyl (C=O) groups is 1. The summed E-state index contributed by atoms with van der Waals surface area (Å²) in [4.78, 5) is 11.9. The standard InChI is InChI=1S/C42H76O2/c1-3-5-7-9-11-13-15-17-19-21-23-25-27-29-31-33-35-37-39-41-40(42(43)44-41)38-36-34-32-30-28-26-24-22-20-18-16-14-12-10-8-6-4-2/h29-32,39-40H,3-28,33-38H2,1-2H3/b31-29+,32-30+,41-39+. The van der Waals surface area contributed by atoms with Crippen LogP contribution in [0.5, 0.6) is 0 Å². The highest BCUT2D eigenvalue weighted by Crippen LogP contribution is 2.31. The molecule has 44 heavy (non-hydrogen) atoms. The molecule has 2 nitrogen and oxygen atoms in total. The maximum absolute atomic E-state index is 11.9. The molecule has 1 atom stereocenters. The lowest BCUT2D eigenvalue weighted by atomic mass is 9.94. The highest BCUT2D eigenvalue weighted by molar-refractivity contribution is 5.82. The Bertz CT molecular complexity index is 703. The molecule has 0 saturated carbocycles. The summed E-state index contributed by atoms with van der Waals surface area (Å²) in [5.41, 5.74) is 0. The predicted octanol–water partition coefficient (Wildman–Crippen LogP) is 14.7. The van der Waals surface area contributed by atoms with Gasteiger partial charge in [-0.15, -0.1) is 0 Å². The molecule has 1 aliphatic heterocycles. The molecule has 0 aromatic heterocycles. The third kappa shape index (κ3) is 26.0. The van der Waals surface area contributed by atoms with Crippen LogP contribution < -0.4 is 0 Å². The Balaban J connectivity index is 1.87. The van der Waals surface area contributed by atoms with Gasteiger partial charge in [0.1, 0.15) is 11.7 Å². The summed E-state index contributed by atoms with van der Waals surface area (Å²) in [7, 11) is 0. The monoisotopic (exact) mass is 613 g/mol. The molecule has 1 fully saturated rings. The minimum Gasteiger partial charge on any atom is -0.430 e. The number of hydrogen-bond donors (Lipinski definition) is 0. The minimum atomic E-state index is -0.0148. The van der Waals surface area contributed by atoms with Crippen LogP contribution in [0.3, 0.4) is 0 Å². The first-order valence-corrected chi connectivity index (χ1v) is 20.0. The third-order valence-corrected chi connectivity index (χ3v) is 9.41. The van der Waals surface area contributed by atoms with Crippen LogP contribution in [-0.4, -0.2) is 5.97 Å². The first-order chi connectivity index (χ1) is 21.8. The third-order valence-electron chi connectivity index (χ3n) is 9.41. The highest BCUT2D eigenvalue weighted by Gasteiger charge is 2.36. The van der Waals surface area contributed by atoms with Gasteiger partial charge in [0.2, 0.25) is 0 Å². The second-order valence-electron chi connectivity index (χ2n) is 13.7. The number of ether oxygens (including phenoxy) is 1. The van der Waals surface area contributed by atoms with Crippen molar-refractivity contribution in [2.75, 3.05) is 0 Å². The van der Waals surface area contributed by atoms with Gasteiger partial charge in [-0.3, -0.25) is 4.79 Å². The highest BCUT2D eigenvalue weighted by atomic mass is 16.6. The molecule has 0 aromatic carbocycles. The molecule has 0 bridgehead atoms. The van der Waals surface area contributed by atoms with Crippen LogP contribution in [0.2, 0.25) is 0 Å². The van der Waals surface area contributed by atoms with Gasteiger partial charge in [0.25, 0.3) is 0 Å². The van der Waals surface area contributed by atoms with E-state index in [4.69, 9.17) is 4.74 Å². The molecule has 0 radical (unpaired) electrons. The van der Waals surface area contributed by atoms with E-state index in [1.807, 2.05) is 0 Å². The van der Waals surface area contributed by atoms with E-state index < -0.39 is 0 Å². The summed E-state index contributed by atoms with van der Waals surface area (Å²) >= 11 is 0. The van der Waals surface area contributed by atoms with Gasteiger partial charge in [-0.25, -0.2) is 0 Å². The zero-order valence-electron chi connectivity index (χ0n) is 29.9. The van der Waals surface area contributed by atoms with Crippen LogP contribution in [0.15, 0.2) is 36.1 Å². The molecule has 0 amide bonds. The first kappa shape index (κ1) is 40.7. The molecular formula is C42H76O2. The number of allylic oxidation sites excluding steroid dienone is 5. The van der Waals surface area contributed by atoms with Gasteiger partial charge < -0.3 is 4.74 Å². The minimum absolute atomic E-state index is 0.0148. The van der Waals surface area contributed by atoms with Crippen LogP contribution in [0.25, 0.3) is 0 Å². The average Bonchev–Trinajstić information content (AvgIpc) is 3.03. The molecular weight excluding hydrogens is 536 g/mol. The Kier molecular flexibility index (Phi) is 30.6. The van der Waals surface area contributed by atoms with E-state index in [0.29, 0.717) is 0 Å². The Hall–Kier alpha value is -1.31. The van der Waals surface area contributed by atoms with Gasteiger partial charge in [0, 0.05) is 0 Å². The van der Waals surface area contributed by atoms with Gasteiger partial charge in [-0.2, -0.15) is 0 Å². The second kappa shape index (κ2) is 33.1. The maximum Gasteiger partial charge on any atom is 0.321 e. The number of carbonyl (C=O) groups excluding carboxylic acids is 1. The molecule has 0 N–H and O–H groups in total. The largest absolute Gasteiger partial charge is 0.430 e. The first-order valence-electron chi connectivity index (χ1n) is 20.0. The normalized spacial score (nSPS) is 16.0. The molecule has 1 aliphatic rings. The molecule has 2 heteroatoms. The molecule has 1 unspecified atom stereocenters. The van der Waals surface area contributed by atoms with E-state index in [1.54, 1.807) is 0 Å². The van der Waals surface area contributed by atoms with Crippen molar-refractivity contribution in [3.63, 3.8) is 0 Å². The van der Waals surface area contributed by atoms with Crippen LogP contribution in [-0.2, 0) is 9.53 Å². The van der Waals surface area contributed by atoms with Crippen molar-refractivity contribution in [3.8, 4) is 0 Å². The Morgan fingerprint density at radius 3 is 1.16 bits per heavy atom. The lowest BCUT2D eigenvalue weighted by molar-refractivity contribution is -0.157. The molecule has 0 aromatic rings. The lowest BCUT2D eigenvalue weighted by Gasteiger charge is -2.27. The number of hydrogen-bond acceptors (Lipinski definition) is 2. The molecule has 1 heterocycles. The maximum atomic E-state index is 11.9. The van der Waals surface area contributed by atoms with Gasteiger partial charge in [0.05, 0.1) is 0 Å². The van der Waals surface area contributed by atoms with Gasteiger partial charge in [-0.1, -0.05) is 179 Å². The fourth-order valence-electron chi connectivity index (χ4n) is 6.36. The summed E-state index contributed by atoms with van der Waals surface area (Å²) in [6, 6.07) is 0. The zero-order valence-corrected chi connectivity index (χ0v) is 29.9. The molecule has 0 spiro atoms. The van der Waals surface area contributed by atoms with E-state index in [-0.39, 0.29) is 11.9 Å². The smallest absolute Gasteiger partial charge is 0.321 e. The number of unbranched alkanes of at least 4 members (excludes halogenated alkanes) is 27. The fraction of sp³-hybridized carbons (Fsp3) is 0.833. The summed E-state index contributed by atoms with van der Waals surface area (Å²) in [5.74, 6) is 0.955. The topological polar surface area (TPSA) is 26.3 Å². The number of rotatable bonds is 34. The molecule has 1 saturated heterocycles. The molecule has 0 aliphatic carbocycles. The van der Waals surface area contributed by atoms with Gasteiger partial charge in [-0.05, 0) is 70.3 Å². The quantitative estimate of drug-likeness (QED) is 0.0410.